The molecule has 1 aromatic heterocycles. The number of phenolic OH excluding ortho intramolecular Hbond substituents is 1. The molecular formula is C14H18N2O2. The summed E-state index contributed by atoms with van der Waals surface area (Å²) in [6.07, 6.45) is 1.14. The lowest BCUT2D eigenvalue weighted by Crippen LogP contribution is -2.38. The number of aromatic hydroxyl groups is 1. The Morgan fingerprint density at radius 3 is 2.89 bits per heavy atom. The Balaban J connectivity index is 2.04. The van der Waals surface area contributed by atoms with Crippen molar-refractivity contribution in [3.05, 3.63) is 18.2 Å². The highest BCUT2D eigenvalue weighted by atomic mass is 16.4. The zero-order valence-corrected chi connectivity index (χ0v) is 11.0. The first-order valence-corrected chi connectivity index (χ1v) is 6.33. The van der Waals surface area contributed by atoms with Gasteiger partial charge in [-0.2, -0.15) is 4.98 Å². The van der Waals surface area contributed by atoms with E-state index in [1.54, 1.807) is 18.2 Å². The first-order chi connectivity index (χ1) is 8.45. The number of fused-ring (bicyclic) bond motifs is 1. The zero-order chi connectivity index (χ0) is 12.9. The predicted molar refractivity (Wildman–Crippen MR) is 70.9 cm³/mol. The summed E-state index contributed by atoms with van der Waals surface area (Å²) in [6.45, 7) is 7.63. The van der Waals surface area contributed by atoms with Crippen molar-refractivity contribution in [1.29, 1.82) is 0 Å². The van der Waals surface area contributed by atoms with E-state index in [-0.39, 0.29) is 11.3 Å². The number of nitrogens with zero attached hydrogens (tertiary/aromatic N) is 2. The lowest BCUT2D eigenvalue weighted by atomic mass is 9.98. The third-order valence-electron chi connectivity index (χ3n) is 3.66. The minimum atomic E-state index is 0.0718. The molecule has 1 aromatic carbocycles. The van der Waals surface area contributed by atoms with Crippen LogP contribution >= 0.6 is 0 Å². The molecule has 4 heteroatoms. The first-order valence-electron chi connectivity index (χ1n) is 6.33. The summed E-state index contributed by atoms with van der Waals surface area (Å²) in [4.78, 5) is 6.73. The van der Waals surface area contributed by atoms with E-state index < -0.39 is 0 Å². The summed E-state index contributed by atoms with van der Waals surface area (Å²) in [5, 5.41) is 9.45. The largest absolute Gasteiger partial charge is 0.508 e. The second-order valence-corrected chi connectivity index (χ2v) is 5.88. The molecule has 0 aliphatic carbocycles. The van der Waals surface area contributed by atoms with Gasteiger partial charge in [-0.25, -0.2) is 0 Å². The van der Waals surface area contributed by atoms with Gasteiger partial charge in [0.15, 0.2) is 5.58 Å². The number of anilines is 1. The summed E-state index contributed by atoms with van der Waals surface area (Å²) in [6, 6.07) is 5.68. The van der Waals surface area contributed by atoms with Crippen LogP contribution in [0, 0.1) is 5.92 Å². The summed E-state index contributed by atoms with van der Waals surface area (Å²) >= 11 is 0. The van der Waals surface area contributed by atoms with E-state index in [0.717, 1.165) is 18.5 Å². The topological polar surface area (TPSA) is 49.5 Å². The lowest BCUT2D eigenvalue weighted by molar-refractivity contribution is 0.457. The van der Waals surface area contributed by atoms with E-state index in [4.69, 9.17) is 4.42 Å². The molecule has 0 unspecified atom stereocenters. The molecule has 1 aliphatic rings. The number of hydrogen-bond donors (Lipinski definition) is 1. The summed E-state index contributed by atoms with van der Waals surface area (Å²) in [7, 11) is 0. The van der Waals surface area contributed by atoms with Gasteiger partial charge in [-0.15, -0.1) is 0 Å². The van der Waals surface area contributed by atoms with E-state index in [1.807, 2.05) is 0 Å². The van der Waals surface area contributed by atoms with Crippen molar-refractivity contribution in [3.8, 4) is 5.75 Å². The molecule has 1 fully saturated rings. The molecule has 18 heavy (non-hydrogen) atoms. The highest BCUT2D eigenvalue weighted by Crippen LogP contribution is 2.37. The normalized spacial score (nSPS) is 22.8. The first kappa shape index (κ1) is 11.4. The average molecular weight is 246 g/mol. The fourth-order valence-corrected chi connectivity index (χ4v) is 2.94. The molecule has 1 aliphatic heterocycles. The van der Waals surface area contributed by atoms with E-state index in [1.165, 1.54) is 0 Å². The monoisotopic (exact) mass is 246 g/mol. The van der Waals surface area contributed by atoms with Crippen molar-refractivity contribution in [1.82, 2.24) is 4.98 Å². The van der Waals surface area contributed by atoms with Gasteiger partial charge in [-0.1, -0.05) is 6.92 Å². The summed E-state index contributed by atoms with van der Waals surface area (Å²) in [5.41, 5.74) is 1.50. The Morgan fingerprint density at radius 2 is 2.22 bits per heavy atom. The molecule has 0 radical (unpaired) electrons. The molecule has 2 heterocycles. The molecule has 1 N–H and O–H groups in total. The van der Waals surface area contributed by atoms with Crippen LogP contribution in [0.5, 0.6) is 5.75 Å². The Hall–Kier alpha value is -1.71. The minimum absolute atomic E-state index is 0.0718. The maximum absolute atomic E-state index is 9.45. The third-order valence-corrected chi connectivity index (χ3v) is 3.66. The van der Waals surface area contributed by atoms with E-state index >= 15 is 0 Å². The highest BCUT2D eigenvalue weighted by molar-refractivity contribution is 5.76. The molecule has 0 spiro atoms. The van der Waals surface area contributed by atoms with Crippen LogP contribution in [0.25, 0.3) is 11.1 Å². The number of benzene rings is 1. The summed E-state index contributed by atoms with van der Waals surface area (Å²) < 4.78 is 5.77. The van der Waals surface area contributed by atoms with Crippen LogP contribution in [0.1, 0.15) is 27.2 Å². The Bertz CT molecular complexity index is 588. The van der Waals surface area contributed by atoms with Crippen LogP contribution in [0.4, 0.5) is 6.01 Å². The van der Waals surface area contributed by atoms with Crippen LogP contribution < -0.4 is 4.90 Å². The van der Waals surface area contributed by atoms with Crippen molar-refractivity contribution in [2.45, 2.75) is 32.7 Å². The molecule has 0 saturated carbocycles. The van der Waals surface area contributed by atoms with Crippen LogP contribution in [0.2, 0.25) is 0 Å². The van der Waals surface area contributed by atoms with Gasteiger partial charge >= 0.3 is 0 Å². The molecule has 4 nitrogen and oxygen atoms in total. The summed E-state index contributed by atoms with van der Waals surface area (Å²) in [5.74, 6) is 0.850. The van der Waals surface area contributed by atoms with Crippen LogP contribution in [-0.2, 0) is 0 Å². The molecule has 0 bridgehead atoms. The van der Waals surface area contributed by atoms with Crippen LogP contribution in [0.3, 0.4) is 0 Å². The SMILES string of the molecule is C[C@@H]1CN(c2nc3ccc(O)cc3o2)C(C)(C)C1. The number of aromatic nitrogens is 1. The zero-order valence-electron chi connectivity index (χ0n) is 11.0. The molecule has 1 atom stereocenters. The third kappa shape index (κ3) is 1.72. The fourth-order valence-electron chi connectivity index (χ4n) is 2.94. The van der Waals surface area contributed by atoms with Crippen LogP contribution in [0.15, 0.2) is 22.6 Å². The molecule has 2 aromatic rings. The van der Waals surface area contributed by atoms with E-state index in [2.05, 4.69) is 30.7 Å². The highest BCUT2D eigenvalue weighted by Gasteiger charge is 2.38. The number of oxazole rings is 1. The van der Waals surface area contributed by atoms with Crippen molar-refractivity contribution in [2.75, 3.05) is 11.4 Å². The van der Waals surface area contributed by atoms with Crippen molar-refractivity contribution in [2.24, 2.45) is 5.92 Å². The minimum Gasteiger partial charge on any atom is -0.508 e. The average Bonchev–Trinajstić information content (AvgIpc) is 2.77. The molecule has 1 saturated heterocycles. The Morgan fingerprint density at radius 1 is 1.44 bits per heavy atom. The van der Waals surface area contributed by atoms with Gasteiger partial charge < -0.3 is 14.4 Å². The van der Waals surface area contributed by atoms with Gasteiger partial charge in [-0.05, 0) is 38.3 Å². The second kappa shape index (κ2) is 3.64. The molecular weight excluding hydrogens is 228 g/mol. The number of hydrogen-bond acceptors (Lipinski definition) is 4. The van der Waals surface area contributed by atoms with Gasteiger partial charge in [0.05, 0.1) is 0 Å². The predicted octanol–water partition coefficient (Wildman–Crippen LogP) is 3.16. The van der Waals surface area contributed by atoms with Crippen LogP contribution in [-0.4, -0.2) is 22.2 Å². The molecule has 3 rings (SSSR count). The van der Waals surface area contributed by atoms with Crippen molar-refractivity contribution in [3.63, 3.8) is 0 Å². The molecule has 0 amide bonds. The van der Waals surface area contributed by atoms with Gasteiger partial charge in [0.1, 0.15) is 11.3 Å². The smallest absolute Gasteiger partial charge is 0.298 e. The Kier molecular flexibility index (Phi) is 2.30. The van der Waals surface area contributed by atoms with Crippen molar-refractivity contribution < 1.29 is 9.52 Å². The maximum atomic E-state index is 9.45. The fraction of sp³-hybridized carbons (Fsp3) is 0.500. The van der Waals surface area contributed by atoms with Gasteiger partial charge in [0, 0.05) is 18.2 Å². The van der Waals surface area contributed by atoms with Gasteiger partial charge in [0.25, 0.3) is 6.01 Å². The lowest BCUT2D eigenvalue weighted by Gasteiger charge is -2.29. The van der Waals surface area contributed by atoms with E-state index in [0.29, 0.717) is 17.5 Å². The van der Waals surface area contributed by atoms with Gasteiger partial charge in [-0.3, -0.25) is 0 Å². The second-order valence-electron chi connectivity index (χ2n) is 5.88. The quantitative estimate of drug-likeness (QED) is 0.839. The van der Waals surface area contributed by atoms with Gasteiger partial charge in [0.2, 0.25) is 0 Å². The number of rotatable bonds is 1. The molecule has 96 valence electrons. The number of phenols is 1. The standard InChI is InChI=1S/C14H18N2O2/c1-9-7-14(2,3)16(8-9)13-15-11-5-4-10(17)6-12(11)18-13/h4-6,9,17H,7-8H2,1-3H3/t9-/m0/s1. The van der Waals surface area contributed by atoms with E-state index in [9.17, 15) is 5.11 Å². The Labute approximate surface area is 106 Å². The maximum Gasteiger partial charge on any atom is 0.298 e. The van der Waals surface area contributed by atoms with Crippen molar-refractivity contribution >= 4 is 17.1 Å².